The fourth-order valence-electron chi connectivity index (χ4n) is 1.10. The number of aromatic nitrogens is 2. The Morgan fingerprint density at radius 2 is 2.46 bits per heavy atom. The van der Waals surface area contributed by atoms with Gasteiger partial charge in [0.25, 0.3) is 0 Å². The van der Waals surface area contributed by atoms with Gasteiger partial charge in [-0.05, 0) is 7.05 Å². The van der Waals surface area contributed by atoms with E-state index in [4.69, 9.17) is 0 Å². The van der Waals surface area contributed by atoms with Crippen molar-refractivity contribution >= 4 is 5.91 Å². The van der Waals surface area contributed by atoms with Crippen LogP contribution in [0.1, 0.15) is 5.82 Å². The van der Waals surface area contributed by atoms with Crippen molar-refractivity contribution in [2.24, 2.45) is 0 Å². The van der Waals surface area contributed by atoms with Crippen molar-refractivity contribution in [2.75, 3.05) is 14.1 Å². The molecule has 0 saturated heterocycles. The molecule has 72 valence electrons. The topological polar surface area (TPSA) is 69.8 Å². The van der Waals surface area contributed by atoms with Crippen LogP contribution in [0.4, 0.5) is 0 Å². The van der Waals surface area contributed by atoms with Gasteiger partial charge in [-0.1, -0.05) is 0 Å². The lowest BCUT2D eigenvalue weighted by Crippen LogP contribution is -2.42. The van der Waals surface area contributed by atoms with E-state index in [9.17, 15) is 4.79 Å². The van der Waals surface area contributed by atoms with Crippen molar-refractivity contribution in [3.05, 3.63) is 18.2 Å². The van der Waals surface area contributed by atoms with E-state index in [1.54, 1.807) is 26.5 Å². The predicted octanol–water partition coefficient (Wildman–Crippen LogP) is -0.714. The molecule has 0 radical (unpaired) electrons. The smallest absolute Gasteiger partial charge is 0.237 e. The molecule has 1 unspecified atom stereocenters. The largest absolute Gasteiger partial charge is 0.358 e. The maximum atomic E-state index is 11.3. The summed E-state index contributed by atoms with van der Waals surface area (Å²) in [4.78, 5) is 18.2. The minimum absolute atomic E-state index is 0.0288. The van der Waals surface area contributed by atoms with E-state index >= 15 is 0 Å². The third-order valence-electron chi connectivity index (χ3n) is 1.86. The average molecular weight is 182 g/mol. The van der Waals surface area contributed by atoms with Gasteiger partial charge in [0.15, 0.2) is 0 Å². The van der Waals surface area contributed by atoms with Crippen LogP contribution in [0.15, 0.2) is 12.4 Å². The van der Waals surface area contributed by atoms with E-state index in [1.165, 1.54) is 0 Å². The molecule has 0 aliphatic carbocycles. The Hall–Kier alpha value is -1.36. The van der Waals surface area contributed by atoms with Gasteiger partial charge in [0.05, 0.1) is 6.04 Å². The molecule has 0 aromatic carbocycles. The highest BCUT2D eigenvalue weighted by Gasteiger charge is 2.15. The zero-order valence-corrected chi connectivity index (χ0v) is 7.79. The first-order valence-electron chi connectivity index (χ1n) is 4.15. The summed E-state index contributed by atoms with van der Waals surface area (Å²) in [5, 5.41) is 5.50. The number of likely N-dealkylation sites (N-methyl/N-ethyl adjacent to an activating group) is 2. The van der Waals surface area contributed by atoms with Crippen molar-refractivity contribution in [2.45, 2.75) is 12.5 Å². The van der Waals surface area contributed by atoms with E-state index in [0.29, 0.717) is 6.42 Å². The molecule has 0 aliphatic rings. The summed E-state index contributed by atoms with van der Waals surface area (Å²) in [5.41, 5.74) is 0. The van der Waals surface area contributed by atoms with E-state index in [1.807, 2.05) is 0 Å². The highest BCUT2D eigenvalue weighted by atomic mass is 16.2. The second-order valence-corrected chi connectivity index (χ2v) is 2.70. The number of imidazole rings is 1. The number of hydrogen-bond acceptors (Lipinski definition) is 3. The highest BCUT2D eigenvalue weighted by molar-refractivity contribution is 5.81. The molecule has 0 aliphatic heterocycles. The molecular formula is C8H14N4O. The number of H-pyrrole nitrogens is 1. The maximum absolute atomic E-state index is 11.3. The maximum Gasteiger partial charge on any atom is 0.237 e. The first kappa shape index (κ1) is 9.73. The Kier molecular flexibility index (Phi) is 3.45. The second-order valence-electron chi connectivity index (χ2n) is 2.70. The number of nitrogens with one attached hydrogen (secondary N) is 3. The first-order valence-corrected chi connectivity index (χ1v) is 4.15. The number of amides is 1. The van der Waals surface area contributed by atoms with Crippen LogP contribution in [0.2, 0.25) is 0 Å². The molecule has 1 rings (SSSR count). The van der Waals surface area contributed by atoms with Crippen LogP contribution in [0.25, 0.3) is 0 Å². The molecule has 1 atom stereocenters. The van der Waals surface area contributed by atoms with Gasteiger partial charge in [0.2, 0.25) is 5.91 Å². The fourth-order valence-corrected chi connectivity index (χ4v) is 1.10. The van der Waals surface area contributed by atoms with E-state index in [2.05, 4.69) is 20.6 Å². The third-order valence-corrected chi connectivity index (χ3v) is 1.86. The molecule has 1 aromatic rings. The lowest BCUT2D eigenvalue weighted by Gasteiger charge is -2.12. The molecule has 1 heterocycles. The number of nitrogens with zero attached hydrogens (tertiary/aromatic N) is 1. The van der Waals surface area contributed by atoms with Crippen LogP contribution >= 0.6 is 0 Å². The normalized spacial score (nSPS) is 12.5. The van der Waals surface area contributed by atoms with Gasteiger partial charge in [-0.3, -0.25) is 4.79 Å². The molecule has 13 heavy (non-hydrogen) atoms. The van der Waals surface area contributed by atoms with Crippen LogP contribution in [-0.2, 0) is 11.2 Å². The summed E-state index contributed by atoms with van der Waals surface area (Å²) in [6.45, 7) is 0. The minimum Gasteiger partial charge on any atom is -0.358 e. The Balaban J connectivity index is 2.54. The van der Waals surface area contributed by atoms with Crippen molar-refractivity contribution in [1.82, 2.24) is 20.6 Å². The van der Waals surface area contributed by atoms with Crippen LogP contribution < -0.4 is 10.6 Å². The second kappa shape index (κ2) is 4.61. The summed E-state index contributed by atoms with van der Waals surface area (Å²) in [6.07, 6.45) is 3.99. The average Bonchev–Trinajstić information content (AvgIpc) is 2.65. The molecule has 3 N–H and O–H groups in total. The van der Waals surface area contributed by atoms with Gasteiger partial charge in [-0.25, -0.2) is 4.98 Å². The van der Waals surface area contributed by atoms with E-state index < -0.39 is 0 Å². The summed E-state index contributed by atoms with van der Waals surface area (Å²) in [7, 11) is 3.37. The van der Waals surface area contributed by atoms with Crippen LogP contribution in [-0.4, -0.2) is 36.0 Å². The van der Waals surface area contributed by atoms with Gasteiger partial charge in [-0.2, -0.15) is 0 Å². The number of aromatic amines is 1. The lowest BCUT2D eigenvalue weighted by atomic mass is 10.2. The van der Waals surface area contributed by atoms with Crippen LogP contribution in [0, 0.1) is 0 Å². The zero-order valence-electron chi connectivity index (χ0n) is 7.79. The summed E-state index contributed by atoms with van der Waals surface area (Å²) >= 11 is 0. The summed E-state index contributed by atoms with van der Waals surface area (Å²) < 4.78 is 0. The molecule has 1 amide bonds. The lowest BCUT2D eigenvalue weighted by molar-refractivity contribution is -0.122. The van der Waals surface area contributed by atoms with Crippen LogP contribution in [0.5, 0.6) is 0 Å². The number of carbonyl (C=O) groups is 1. The van der Waals surface area contributed by atoms with Gasteiger partial charge < -0.3 is 15.6 Å². The molecule has 0 fully saturated rings. The standard InChI is InChI=1S/C8H14N4O/c1-9-6(8(13)10-2)5-7-11-3-4-12-7/h3-4,6,9H,5H2,1-2H3,(H,10,13)(H,11,12). The van der Waals surface area contributed by atoms with Crippen molar-refractivity contribution in [1.29, 1.82) is 0 Å². The Bertz CT molecular complexity index is 257. The number of rotatable bonds is 4. The number of hydrogen-bond donors (Lipinski definition) is 3. The summed E-state index contributed by atoms with van der Waals surface area (Å²) in [6, 6.07) is -0.226. The molecule has 0 bridgehead atoms. The summed E-state index contributed by atoms with van der Waals surface area (Å²) in [5.74, 6) is 0.779. The van der Waals surface area contributed by atoms with Crippen molar-refractivity contribution < 1.29 is 4.79 Å². The molecule has 5 nitrogen and oxygen atoms in total. The molecule has 0 saturated carbocycles. The van der Waals surface area contributed by atoms with Gasteiger partial charge >= 0.3 is 0 Å². The molecule has 0 spiro atoms. The Morgan fingerprint density at radius 3 is 2.92 bits per heavy atom. The molecule has 5 heteroatoms. The Labute approximate surface area is 76.9 Å². The predicted molar refractivity (Wildman–Crippen MR) is 49.2 cm³/mol. The SMILES string of the molecule is CNC(=O)C(Cc1ncc[nH]1)NC. The molecular weight excluding hydrogens is 168 g/mol. The Morgan fingerprint density at radius 1 is 1.69 bits per heavy atom. The minimum atomic E-state index is -0.226. The van der Waals surface area contributed by atoms with Gasteiger partial charge in [0, 0.05) is 25.9 Å². The number of carbonyl (C=O) groups excluding carboxylic acids is 1. The monoisotopic (exact) mass is 182 g/mol. The van der Waals surface area contributed by atoms with E-state index in [0.717, 1.165) is 5.82 Å². The third kappa shape index (κ3) is 2.55. The quantitative estimate of drug-likeness (QED) is 0.576. The van der Waals surface area contributed by atoms with Crippen molar-refractivity contribution in [3.8, 4) is 0 Å². The first-order chi connectivity index (χ1) is 6.27. The van der Waals surface area contributed by atoms with Crippen LogP contribution in [0.3, 0.4) is 0 Å². The highest BCUT2D eigenvalue weighted by Crippen LogP contribution is 1.95. The van der Waals surface area contributed by atoms with Gasteiger partial charge in [0.1, 0.15) is 5.82 Å². The fraction of sp³-hybridized carbons (Fsp3) is 0.500. The van der Waals surface area contributed by atoms with Gasteiger partial charge in [-0.15, -0.1) is 0 Å². The zero-order chi connectivity index (χ0) is 9.68. The van der Waals surface area contributed by atoms with Crippen molar-refractivity contribution in [3.63, 3.8) is 0 Å². The van der Waals surface area contributed by atoms with E-state index in [-0.39, 0.29) is 11.9 Å². The molecule has 1 aromatic heterocycles.